The zero-order chi connectivity index (χ0) is 15.1. The SMILES string of the molecule is CCC(C)[Si]1(C)C[Si](C)(C)C[Si](C)(C)C[Si](C)(C)C1. The Hall–Kier alpha value is 0.868. The fraction of sp³-hybridized carbons (Fsp3) is 1.00. The first kappa shape index (κ1) is 17.9. The minimum Gasteiger partial charge on any atom is -0.0698 e. The Morgan fingerprint density at radius 3 is 1.32 bits per heavy atom. The lowest BCUT2D eigenvalue weighted by molar-refractivity contribution is 0.835. The van der Waals surface area contributed by atoms with Gasteiger partial charge in [-0.1, -0.05) is 88.8 Å². The van der Waals surface area contributed by atoms with Crippen molar-refractivity contribution in [2.75, 3.05) is 0 Å². The average Bonchev–Trinajstić information content (AvgIpc) is 2.07. The molecule has 4 heteroatoms. The smallest absolute Gasteiger partial charge is 0.0480 e. The molecule has 1 aliphatic heterocycles. The van der Waals surface area contributed by atoms with Gasteiger partial charge in [-0.2, -0.15) is 0 Å². The molecule has 0 aliphatic carbocycles. The van der Waals surface area contributed by atoms with Gasteiger partial charge in [-0.05, 0) is 5.54 Å². The summed E-state index contributed by atoms with van der Waals surface area (Å²) in [6.45, 7) is 24.1. The molecule has 1 rings (SSSR count). The van der Waals surface area contributed by atoms with Crippen LogP contribution in [0.15, 0.2) is 0 Å². The van der Waals surface area contributed by atoms with Crippen molar-refractivity contribution in [1.82, 2.24) is 0 Å². The van der Waals surface area contributed by atoms with E-state index in [9.17, 15) is 0 Å². The van der Waals surface area contributed by atoms with E-state index in [-0.39, 0.29) is 0 Å². The maximum atomic E-state index is 2.78. The fourth-order valence-corrected chi connectivity index (χ4v) is 54.4. The summed E-state index contributed by atoms with van der Waals surface area (Å²) in [5, 5.41) is 0. The van der Waals surface area contributed by atoms with Crippen LogP contribution in [0.1, 0.15) is 20.3 Å². The molecule has 0 aromatic heterocycles. The third kappa shape index (κ3) is 4.97. The summed E-state index contributed by atoms with van der Waals surface area (Å²) in [4.78, 5) is 0. The first-order valence-electron chi connectivity index (χ1n) is 8.31. The Balaban J connectivity index is 3.11. The molecule has 0 radical (unpaired) electrons. The lowest BCUT2D eigenvalue weighted by Crippen LogP contribution is -2.57. The Morgan fingerprint density at radius 2 is 1.00 bits per heavy atom. The highest BCUT2D eigenvalue weighted by Gasteiger charge is 2.48. The van der Waals surface area contributed by atoms with Crippen molar-refractivity contribution in [3.8, 4) is 0 Å². The molecule has 1 unspecified atom stereocenters. The second-order valence-corrected chi connectivity index (χ2v) is 33.1. The zero-order valence-corrected chi connectivity index (χ0v) is 19.1. The number of hydrogen-bond donors (Lipinski definition) is 0. The summed E-state index contributed by atoms with van der Waals surface area (Å²) in [5.41, 5.74) is 7.91. The van der Waals surface area contributed by atoms with E-state index in [0.717, 1.165) is 5.54 Å². The van der Waals surface area contributed by atoms with E-state index < -0.39 is 32.3 Å². The van der Waals surface area contributed by atoms with Gasteiger partial charge >= 0.3 is 0 Å². The van der Waals surface area contributed by atoms with Crippen molar-refractivity contribution in [1.29, 1.82) is 0 Å². The molecule has 0 nitrogen and oxygen atoms in total. The van der Waals surface area contributed by atoms with Gasteiger partial charge in [0.15, 0.2) is 0 Å². The maximum Gasteiger partial charge on any atom is 0.0480 e. The van der Waals surface area contributed by atoms with E-state index >= 15 is 0 Å². The largest absolute Gasteiger partial charge is 0.0698 e. The number of hydrogen-bond acceptors (Lipinski definition) is 0. The van der Waals surface area contributed by atoms with Gasteiger partial charge in [0.25, 0.3) is 0 Å². The van der Waals surface area contributed by atoms with Gasteiger partial charge in [0.1, 0.15) is 0 Å². The van der Waals surface area contributed by atoms with Crippen molar-refractivity contribution in [3.63, 3.8) is 0 Å². The third-order valence-electron chi connectivity index (χ3n) is 5.48. The molecule has 0 amide bonds. The summed E-state index contributed by atoms with van der Waals surface area (Å²) in [6.07, 6.45) is 1.43. The van der Waals surface area contributed by atoms with Crippen LogP contribution in [0.4, 0.5) is 0 Å². The lowest BCUT2D eigenvalue weighted by atomic mass is 10.4. The lowest BCUT2D eigenvalue weighted by Gasteiger charge is -2.49. The van der Waals surface area contributed by atoms with E-state index in [2.05, 4.69) is 59.7 Å². The summed E-state index contributed by atoms with van der Waals surface area (Å²) in [6, 6.07) is 0. The Bertz CT molecular complexity index is 298. The van der Waals surface area contributed by atoms with Crippen molar-refractivity contribution in [2.24, 2.45) is 0 Å². The first-order chi connectivity index (χ1) is 8.31. The van der Waals surface area contributed by atoms with Crippen LogP contribution in [-0.4, -0.2) is 32.3 Å². The second-order valence-electron chi connectivity index (χ2n) is 10.2. The van der Waals surface area contributed by atoms with Gasteiger partial charge < -0.3 is 0 Å². The summed E-state index contributed by atoms with van der Waals surface area (Å²) in [7, 11) is -3.80. The van der Waals surface area contributed by atoms with Crippen molar-refractivity contribution >= 4 is 32.3 Å². The first-order valence-corrected chi connectivity index (χ1v) is 21.5. The molecule has 114 valence electrons. The Kier molecular flexibility index (Phi) is 5.26. The van der Waals surface area contributed by atoms with Crippen molar-refractivity contribution < 1.29 is 0 Å². The molecule has 0 bridgehead atoms. The minimum absolute atomic E-state index is 0.906. The predicted octanol–water partition coefficient (Wildman–Crippen LogP) is 6.16. The molecule has 1 heterocycles. The summed E-state index contributed by atoms with van der Waals surface area (Å²) < 4.78 is 0. The van der Waals surface area contributed by atoms with Gasteiger partial charge in [-0.25, -0.2) is 0 Å². The molecular weight excluding hydrogens is 293 g/mol. The molecule has 1 atom stereocenters. The van der Waals surface area contributed by atoms with Crippen LogP contribution in [0.5, 0.6) is 0 Å². The summed E-state index contributed by atoms with van der Waals surface area (Å²) >= 11 is 0. The average molecular weight is 331 g/mol. The topological polar surface area (TPSA) is 0 Å². The standard InChI is InChI=1S/C15H38Si4/c1-10-15(2)19(9)13-17(5,6)11-16(3,4)12-18(7,8)14-19/h15H,10-14H2,1-9H3. The van der Waals surface area contributed by atoms with Crippen LogP contribution >= 0.6 is 0 Å². The monoisotopic (exact) mass is 330 g/mol. The van der Waals surface area contributed by atoms with E-state index in [1.807, 2.05) is 0 Å². The van der Waals surface area contributed by atoms with Gasteiger partial charge in [-0.3, -0.25) is 0 Å². The highest BCUT2D eigenvalue weighted by atomic mass is 28.5. The Morgan fingerprint density at radius 1 is 0.684 bits per heavy atom. The van der Waals surface area contributed by atoms with Crippen LogP contribution in [0, 0.1) is 0 Å². The van der Waals surface area contributed by atoms with Gasteiger partial charge in [0.05, 0.1) is 0 Å². The molecule has 1 aliphatic rings. The van der Waals surface area contributed by atoms with Gasteiger partial charge in [0, 0.05) is 32.3 Å². The van der Waals surface area contributed by atoms with Crippen LogP contribution in [0.2, 0.25) is 74.0 Å². The maximum absolute atomic E-state index is 2.78. The van der Waals surface area contributed by atoms with E-state index in [4.69, 9.17) is 0 Å². The molecule has 1 fully saturated rings. The molecule has 1 saturated heterocycles. The van der Waals surface area contributed by atoms with Crippen LogP contribution in [0.3, 0.4) is 0 Å². The second kappa shape index (κ2) is 5.58. The third-order valence-corrected chi connectivity index (χ3v) is 37.7. The van der Waals surface area contributed by atoms with E-state index in [1.54, 1.807) is 22.7 Å². The van der Waals surface area contributed by atoms with Crippen LogP contribution < -0.4 is 0 Å². The number of rotatable bonds is 2. The fourth-order valence-electron chi connectivity index (χ4n) is 5.87. The minimum atomic E-state index is -1.01. The van der Waals surface area contributed by atoms with E-state index in [0.29, 0.717) is 0 Å². The molecule has 0 aromatic carbocycles. The molecule has 0 aromatic rings. The van der Waals surface area contributed by atoms with E-state index in [1.165, 1.54) is 6.42 Å². The molecule has 0 N–H and O–H groups in total. The normalized spacial score (nSPS) is 30.2. The van der Waals surface area contributed by atoms with Gasteiger partial charge in [0.2, 0.25) is 0 Å². The Labute approximate surface area is 126 Å². The predicted molar refractivity (Wildman–Crippen MR) is 103 cm³/mol. The van der Waals surface area contributed by atoms with Crippen molar-refractivity contribution in [2.45, 2.75) is 94.3 Å². The molecule has 0 spiro atoms. The van der Waals surface area contributed by atoms with Crippen LogP contribution in [-0.2, 0) is 0 Å². The highest BCUT2D eigenvalue weighted by molar-refractivity contribution is 7.13. The molecular formula is C15H38Si4. The summed E-state index contributed by atoms with van der Waals surface area (Å²) in [5.74, 6) is 0. The van der Waals surface area contributed by atoms with Gasteiger partial charge in [-0.15, -0.1) is 0 Å². The molecule has 19 heavy (non-hydrogen) atoms. The van der Waals surface area contributed by atoms with Crippen molar-refractivity contribution in [3.05, 3.63) is 0 Å². The zero-order valence-electron chi connectivity index (χ0n) is 15.1. The highest BCUT2D eigenvalue weighted by Crippen LogP contribution is 2.45. The molecule has 0 saturated carbocycles. The quantitative estimate of drug-likeness (QED) is 0.532. The van der Waals surface area contributed by atoms with Crippen LogP contribution in [0.25, 0.3) is 0 Å².